The first-order valence-electron chi connectivity index (χ1n) is 7.76. The van der Waals surface area contributed by atoms with Gasteiger partial charge in [0.15, 0.2) is 0 Å². The fourth-order valence-electron chi connectivity index (χ4n) is 3.35. The number of nitrogens with zero attached hydrogens (tertiary/aromatic N) is 1. The molecule has 1 saturated heterocycles. The van der Waals surface area contributed by atoms with Crippen LogP contribution in [0.25, 0.3) is 0 Å². The number of carbonyl (C=O) groups is 2. The molecule has 0 radical (unpaired) electrons. The fraction of sp³-hybridized carbons (Fsp3) is 0.867. The lowest BCUT2D eigenvalue weighted by Crippen LogP contribution is -2.49. The minimum atomic E-state index is -0.790. The molecule has 2 rings (SSSR count). The molecule has 1 atom stereocenters. The maximum Gasteiger partial charge on any atom is 0.317 e. The van der Waals surface area contributed by atoms with Gasteiger partial charge in [0.2, 0.25) is 0 Å². The van der Waals surface area contributed by atoms with Crippen LogP contribution in [0.1, 0.15) is 51.9 Å². The number of aliphatic carboxylic acids is 1. The van der Waals surface area contributed by atoms with E-state index in [9.17, 15) is 9.59 Å². The van der Waals surface area contributed by atoms with E-state index >= 15 is 0 Å². The van der Waals surface area contributed by atoms with Crippen molar-refractivity contribution in [2.24, 2.45) is 11.3 Å². The summed E-state index contributed by atoms with van der Waals surface area (Å²) in [5, 5.41) is 12.1. The number of hydrogen-bond donors (Lipinski definition) is 2. The standard InChI is InChI=1S/C15H26N2O3/c1-15(7-3-2-4-8-15)11-16-14(20)17-9-5-6-12(10-17)13(18)19/h12H,2-11H2,1H3,(H,16,20)(H,18,19)/t12-/m0/s1. The molecule has 1 aliphatic carbocycles. The molecule has 2 amide bonds. The second-order valence-corrected chi connectivity index (χ2v) is 6.65. The summed E-state index contributed by atoms with van der Waals surface area (Å²) in [6, 6.07) is -0.0947. The van der Waals surface area contributed by atoms with E-state index in [1.165, 1.54) is 32.1 Å². The van der Waals surface area contributed by atoms with E-state index in [0.717, 1.165) is 6.42 Å². The average Bonchev–Trinajstić information content (AvgIpc) is 2.46. The second kappa shape index (κ2) is 6.46. The SMILES string of the molecule is CC1(CNC(=O)N2CCC[C@H](C(=O)O)C2)CCCCC1. The van der Waals surface area contributed by atoms with Gasteiger partial charge in [0.25, 0.3) is 0 Å². The van der Waals surface area contributed by atoms with Crippen LogP contribution in [0, 0.1) is 11.3 Å². The van der Waals surface area contributed by atoms with Gasteiger partial charge < -0.3 is 15.3 Å². The molecule has 1 saturated carbocycles. The summed E-state index contributed by atoms with van der Waals surface area (Å²) in [5.74, 6) is -1.19. The molecular formula is C15H26N2O3. The fourth-order valence-corrected chi connectivity index (χ4v) is 3.35. The highest BCUT2D eigenvalue weighted by Crippen LogP contribution is 2.35. The van der Waals surface area contributed by atoms with Crippen molar-refractivity contribution in [1.29, 1.82) is 0 Å². The number of likely N-dealkylation sites (tertiary alicyclic amines) is 1. The van der Waals surface area contributed by atoms with E-state index in [0.29, 0.717) is 26.1 Å². The average molecular weight is 282 g/mol. The Kier molecular flexibility index (Phi) is 4.89. The molecule has 0 aromatic heterocycles. The van der Waals surface area contributed by atoms with Crippen LogP contribution in [0.5, 0.6) is 0 Å². The minimum Gasteiger partial charge on any atom is -0.481 e. The van der Waals surface area contributed by atoms with Gasteiger partial charge in [0.1, 0.15) is 0 Å². The van der Waals surface area contributed by atoms with Gasteiger partial charge in [-0.15, -0.1) is 0 Å². The summed E-state index contributed by atoms with van der Waals surface area (Å²) in [6.07, 6.45) is 7.60. The van der Waals surface area contributed by atoms with Crippen LogP contribution in [0.15, 0.2) is 0 Å². The molecule has 5 nitrogen and oxygen atoms in total. The molecule has 2 N–H and O–H groups in total. The van der Waals surface area contributed by atoms with Gasteiger partial charge in [-0.25, -0.2) is 4.79 Å². The molecular weight excluding hydrogens is 256 g/mol. The summed E-state index contributed by atoms with van der Waals surface area (Å²) >= 11 is 0. The number of urea groups is 1. The maximum atomic E-state index is 12.2. The van der Waals surface area contributed by atoms with Crippen LogP contribution in [0.4, 0.5) is 4.79 Å². The van der Waals surface area contributed by atoms with Gasteiger partial charge in [-0.3, -0.25) is 4.79 Å². The molecule has 5 heteroatoms. The number of piperidine rings is 1. The smallest absolute Gasteiger partial charge is 0.317 e. The Morgan fingerprint density at radius 1 is 1.25 bits per heavy atom. The van der Waals surface area contributed by atoms with E-state index in [1.54, 1.807) is 4.90 Å². The number of carbonyl (C=O) groups excluding carboxylic acids is 1. The third-order valence-electron chi connectivity index (χ3n) is 4.78. The molecule has 1 aliphatic heterocycles. The number of rotatable bonds is 3. The topological polar surface area (TPSA) is 69.6 Å². The van der Waals surface area contributed by atoms with Crippen molar-refractivity contribution in [3.05, 3.63) is 0 Å². The summed E-state index contributed by atoms with van der Waals surface area (Å²) in [5.41, 5.74) is 0.218. The molecule has 1 heterocycles. The predicted molar refractivity (Wildman–Crippen MR) is 76.5 cm³/mol. The van der Waals surface area contributed by atoms with Crippen LogP contribution in [-0.4, -0.2) is 41.6 Å². The van der Waals surface area contributed by atoms with Crippen LogP contribution >= 0.6 is 0 Å². The van der Waals surface area contributed by atoms with Gasteiger partial charge in [0.05, 0.1) is 5.92 Å². The second-order valence-electron chi connectivity index (χ2n) is 6.65. The number of carboxylic acids is 1. The Morgan fingerprint density at radius 3 is 2.60 bits per heavy atom. The molecule has 0 bridgehead atoms. The van der Waals surface area contributed by atoms with E-state index in [-0.39, 0.29) is 11.4 Å². The molecule has 0 aromatic rings. The Bertz CT molecular complexity index is 364. The molecule has 0 spiro atoms. The molecule has 2 fully saturated rings. The Hall–Kier alpha value is -1.26. The van der Waals surface area contributed by atoms with Gasteiger partial charge in [-0.1, -0.05) is 26.2 Å². The van der Waals surface area contributed by atoms with Crippen molar-refractivity contribution in [2.75, 3.05) is 19.6 Å². The van der Waals surface area contributed by atoms with Crippen LogP contribution in [0.2, 0.25) is 0 Å². The van der Waals surface area contributed by atoms with Gasteiger partial charge in [-0.2, -0.15) is 0 Å². The number of nitrogens with one attached hydrogen (secondary N) is 1. The first kappa shape index (κ1) is 15.1. The van der Waals surface area contributed by atoms with E-state index in [2.05, 4.69) is 12.2 Å². The van der Waals surface area contributed by atoms with E-state index in [4.69, 9.17) is 5.11 Å². The zero-order valence-corrected chi connectivity index (χ0v) is 12.4. The number of amides is 2. The van der Waals surface area contributed by atoms with Crippen molar-refractivity contribution >= 4 is 12.0 Å². The third-order valence-corrected chi connectivity index (χ3v) is 4.78. The van der Waals surface area contributed by atoms with Crippen LogP contribution < -0.4 is 5.32 Å². The highest BCUT2D eigenvalue weighted by molar-refractivity contribution is 5.76. The zero-order chi connectivity index (χ0) is 14.6. The van der Waals surface area contributed by atoms with Gasteiger partial charge in [-0.05, 0) is 31.1 Å². The summed E-state index contributed by atoms with van der Waals surface area (Å²) < 4.78 is 0. The van der Waals surface area contributed by atoms with Crippen molar-refractivity contribution in [3.63, 3.8) is 0 Å². The van der Waals surface area contributed by atoms with E-state index < -0.39 is 11.9 Å². The first-order valence-corrected chi connectivity index (χ1v) is 7.76. The Labute approximate surface area is 120 Å². The summed E-state index contributed by atoms with van der Waals surface area (Å²) in [4.78, 5) is 24.9. The number of hydrogen-bond acceptors (Lipinski definition) is 2. The van der Waals surface area contributed by atoms with Crippen molar-refractivity contribution in [1.82, 2.24) is 10.2 Å². The molecule has 114 valence electrons. The van der Waals surface area contributed by atoms with Crippen molar-refractivity contribution in [2.45, 2.75) is 51.9 Å². The summed E-state index contributed by atoms with van der Waals surface area (Å²) in [6.45, 7) is 3.97. The largest absolute Gasteiger partial charge is 0.481 e. The molecule has 20 heavy (non-hydrogen) atoms. The third kappa shape index (κ3) is 3.87. The van der Waals surface area contributed by atoms with Gasteiger partial charge in [0, 0.05) is 19.6 Å². The molecule has 2 aliphatic rings. The lowest BCUT2D eigenvalue weighted by molar-refractivity contribution is -0.143. The van der Waals surface area contributed by atoms with Gasteiger partial charge >= 0.3 is 12.0 Å². The Balaban J connectivity index is 1.80. The molecule has 0 aromatic carbocycles. The van der Waals surface area contributed by atoms with Crippen LogP contribution in [0.3, 0.4) is 0 Å². The lowest BCUT2D eigenvalue weighted by Gasteiger charge is -2.36. The van der Waals surface area contributed by atoms with Crippen molar-refractivity contribution < 1.29 is 14.7 Å². The minimum absolute atomic E-state index is 0.0947. The number of carboxylic acid groups (broad SMARTS) is 1. The molecule has 0 unspecified atom stereocenters. The van der Waals surface area contributed by atoms with Crippen LogP contribution in [-0.2, 0) is 4.79 Å². The quantitative estimate of drug-likeness (QED) is 0.835. The van der Waals surface area contributed by atoms with E-state index in [1.807, 2.05) is 0 Å². The first-order chi connectivity index (χ1) is 9.50. The predicted octanol–water partition coefficient (Wildman–Crippen LogP) is 2.46. The summed E-state index contributed by atoms with van der Waals surface area (Å²) in [7, 11) is 0. The monoisotopic (exact) mass is 282 g/mol. The Morgan fingerprint density at radius 2 is 1.95 bits per heavy atom. The normalized spacial score (nSPS) is 26.1. The highest BCUT2D eigenvalue weighted by atomic mass is 16.4. The lowest BCUT2D eigenvalue weighted by atomic mass is 9.76. The maximum absolute atomic E-state index is 12.2. The van der Waals surface area contributed by atoms with Crippen molar-refractivity contribution in [3.8, 4) is 0 Å². The highest BCUT2D eigenvalue weighted by Gasteiger charge is 2.30. The zero-order valence-electron chi connectivity index (χ0n) is 12.4.